The average molecular weight is 1570 g/mol. The van der Waals surface area contributed by atoms with Gasteiger partial charge in [-0.25, -0.2) is 16.8 Å². The number of fused-ring (bicyclic) bond motifs is 4. The van der Waals surface area contributed by atoms with Crippen LogP contribution >= 0.6 is 0 Å². The summed E-state index contributed by atoms with van der Waals surface area (Å²) >= 11 is 0. The number of carbonyl (C=O) groups excluding carboxylic acids is 4. The third-order valence-corrected chi connectivity index (χ3v) is 26.4. The molecule has 4 amide bonds. The summed E-state index contributed by atoms with van der Waals surface area (Å²) in [5.41, 5.74) is 5.67. The Morgan fingerprint density at radius 3 is 0.926 bits per heavy atom. The van der Waals surface area contributed by atoms with E-state index >= 15 is 0 Å². The lowest BCUT2D eigenvalue weighted by atomic mass is 10.1. The van der Waals surface area contributed by atoms with Gasteiger partial charge in [-0.3, -0.25) is 36.8 Å². The van der Waals surface area contributed by atoms with Crippen LogP contribution in [0.2, 0.25) is 0 Å². The second kappa shape index (κ2) is 32.6. The summed E-state index contributed by atoms with van der Waals surface area (Å²) in [7, 11) is -13.7. The number of sulfonamides is 4. The smallest absolute Gasteiger partial charge is 0.345 e. The Labute approximate surface area is 625 Å². The van der Waals surface area contributed by atoms with Crippen LogP contribution in [0.25, 0.3) is 0 Å². The largest absolute Gasteiger partial charge is 0.516 e. The van der Waals surface area contributed by atoms with E-state index in [1.807, 2.05) is 38.1 Å². The molecule has 0 bridgehead atoms. The minimum atomic E-state index is -5.49. The number of alkyl halides is 6. The summed E-state index contributed by atoms with van der Waals surface area (Å²) in [6.45, 7) is 9.76. The Morgan fingerprint density at radius 1 is 0.380 bits per heavy atom. The normalized spacial score (nSPS) is 17.1. The first-order valence-electron chi connectivity index (χ1n) is 34.8. The molecule has 0 saturated heterocycles. The van der Waals surface area contributed by atoms with E-state index in [1.165, 1.54) is 101 Å². The number of benzene rings is 8. The number of halogens is 6. The first kappa shape index (κ1) is 80.8. The molecule has 0 spiro atoms. The maximum atomic E-state index is 12.7. The topological polar surface area (TPSA) is 275 Å². The Morgan fingerprint density at radius 2 is 0.657 bits per heavy atom. The standard InChI is InChI=1S/C21H24N2O3S.C20H24N2O3S.C19H19F3N2O3S.C18H17F3N2O3S/c1-14-3-11-19-16(13-14)6-12-20(19)22-21(24)15-4-7-17(8-5-15)23(2)27(25,26)18-9-10-18;1-4-26(24,25)22(3)17-9-6-15(7-10-17)20(23)21-19-12-8-16-13-14(2)5-11-18(16)19;1-12-3-9-16-14(11-12)6-10-17(16)23-18(25)13-4-7-15(8-5-13)24(2)28(26,27)19(20,21)22;1-11-2-8-15-13(10-11)5-9-16(15)22-17(24)12-3-6-14(7-4-12)23-27(25,26)18(19,20)21/h3-5,7-8,11,13,18,20H,6,9-10,12H2,1-2H3,(H,22,24);5-7,9-11,13,19H,4,8,12H2,1-3H3,(H,21,23);3-5,7-9,11,17H,6,10H2,1-2H3,(H,23,25);2-4,6-8,10,16,23H,5,9H2,1H3,(H,22,24)/t20-;19-;17-;16-/m1111/s1. The number of carbonyl (C=O) groups is 4. The zero-order valence-electron chi connectivity index (χ0n) is 60.5. The number of nitrogens with one attached hydrogen (secondary N) is 5. The Hall–Kier alpha value is -9.78. The third-order valence-electron chi connectivity index (χ3n) is 19.7. The van der Waals surface area contributed by atoms with Gasteiger partial charge in [-0.15, -0.1) is 0 Å². The van der Waals surface area contributed by atoms with Gasteiger partial charge in [0.1, 0.15) is 0 Å². The van der Waals surface area contributed by atoms with Crippen molar-refractivity contribution in [3.8, 4) is 0 Å². The van der Waals surface area contributed by atoms with Crippen LogP contribution < -0.4 is 38.9 Å². The van der Waals surface area contributed by atoms with Crippen LogP contribution in [-0.4, -0.2) is 100 Å². The van der Waals surface area contributed by atoms with Crippen LogP contribution in [0.5, 0.6) is 0 Å². The second-order valence-corrected chi connectivity index (χ2v) is 35.5. The maximum Gasteiger partial charge on any atom is 0.516 e. The number of nitrogens with zero attached hydrogens (tertiary/aromatic N) is 3. The molecule has 20 nitrogen and oxygen atoms in total. The molecule has 0 heterocycles. The lowest BCUT2D eigenvalue weighted by Gasteiger charge is -2.21. The molecular weight excluding hydrogens is 1480 g/mol. The molecule has 30 heteroatoms. The van der Waals surface area contributed by atoms with E-state index < -0.39 is 51.1 Å². The molecule has 8 aromatic carbocycles. The molecule has 0 aliphatic heterocycles. The lowest BCUT2D eigenvalue weighted by molar-refractivity contribution is -0.0440. The Bertz CT molecular complexity index is 5150. The Kier molecular flexibility index (Phi) is 24.4. The van der Waals surface area contributed by atoms with E-state index in [9.17, 15) is 79.2 Å². The molecule has 5 aliphatic carbocycles. The molecule has 13 rings (SSSR count). The molecule has 108 heavy (non-hydrogen) atoms. The summed E-state index contributed by atoms with van der Waals surface area (Å²) in [4.78, 5) is 50.1. The minimum absolute atomic E-state index is 0.0286. The van der Waals surface area contributed by atoms with Crippen molar-refractivity contribution >= 4 is 86.5 Å². The Balaban J connectivity index is 0.000000154. The van der Waals surface area contributed by atoms with Gasteiger partial charge >= 0.3 is 31.1 Å². The van der Waals surface area contributed by atoms with Gasteiger partial charge in [0, 0.05) is 49.1 Å². The van der Waals surface area contributed by atoms with E-state index in [0.29, 0.717) is 22.5 Å². The number of amides is 4. The molecule has 5 aliphatic rings. The fourth-order valence-corrected chi connectivity index (χ4v) is 17.0. The average Bonchev–Trinajstić information content (AvgIpc) is 1.75. The van der Waals surface area contributed by atoms with Gasteiger partial charge < -0.3 is 21.3 Å². The van der Waals surface area contributed by atoms with E-state index in [-0.39, 0.29) is 85.6 Å². The van der Waals surface area contributed by atoms with Crippen molar-refractivity contribution in [2.24, 2.45) is 0 Å². The van der Waals surface area contributed by atoms with Crippen molar-refractivity contribution in [2.45, 2.75) is 139 Å². The molecular formula is C78H84F6N8O12S4. The van der Waals surface area contributed by atoms with Crippen molar-refractivity contribution in [2.75, 3.05) is 44.5 Å². The third kappa shape index (κ3) is 18.8. The highest BCUT2D eigenvalue weighted by atomic mass is 32.2. The molecule has 574 valence electrons. The quantitative estimate of drug-likeness (QED) is 0.0502. The highest BCUT2D eigenvalue weighted by molar-refractivity contribution is 7.94. The van der Waals surface area contributed by atoms with Crippen LogP contribution in [0.15, 0.2) is 170 Å². The van der Waals surface area contributed by atoms with E-state index in [0.717, 1.165) is 106 Å². The molecule has 1 fully saturated rings. The van der Waals surface area contributed by atoms with E-state index in [2.05, 4.69) is 83.6 Å². The van der Waals surface area contributed by atoms with E-state index in [4.69, 9.17) is 0 Å². The number of hydrogen-bond acceptors (Lipinski definition) is 12. The van der Waals surface area contributed by atoms with E-state index in [1.54, 1.807) is 62.5 Å². The number of hydrogen-bond donors (Lipinski definition) is 5. The van der Waals surface area contributed by atoms with Crippen LogP contribution in [-0.2, 0) is 65.8 Å². The molecule has 8 aromatic rings. The summed E-state index contributed by atoms with van der Waals surface area (Å²) in [5, 5.41) is 11.8. The van der Waals surface area contributed by atoms with Crippen molar-refractivity contribution in [3.05, 3.63) is 259 Å². The molecule has 0 aromatic heterocycles. The van der Waals surface area contributed by atoms with Crippen LogP contribution in [0.4, 0.5) is 49.1 Å². The predicted octanol–water partition coefficient (Wildman–Crippen LogP) is 13.9. The molecule has 5 N–H and O–H groups in total. The second-order valence-electron chi connectivity index (χ2n) is 27.3. The predicted molar refractivity (Wildman–Crippen MR) is 405 cm³/mol. The number of rotatable bonds is 18. The van der Waals surface area contributed by atoms with Crippen molar-refractivity contribution in [3.63, 3.8) is 0 Å². The van der Waals surface area contributed by atoms with Gasteiger partial charge in [0.15, 0.2) is 0 Å². The van der Waals surface area contributed by atoms with Gasteiger partial charge in [0.2, 0.25) is 20.0 Å². The molecule has 4 atom stereocenters. The minimum Gasteiger partial charge on any atom is -0.345 e. The summed E-state index contributed by atoms with van der Waals surface area (Å²) in [5.74, 6) is -0.986. The zero-order chi connectivity index (χ0) is 78.6. The summed E-state index contributed by atoms with van der Waals surface area (Å²) in [6, 6.07) is 47.8. The van der Waals surface area contributed by atoms with Crippen LogP contribution in [0, 0.1) is 27.7 Å². The SMILES string of the molecule is CCS(=O)(=O)N(C)c1ccc(C(=O)N[C@@H]2CCc3cc(C)ccc32)cc1.Cc1ccc2c(c1)CC[C@H]2NC(=O)c1ccc(N(C)S(=O)(=O)C(F)(F)F)cc1.Cc1ccc2c(c1)CC[C@H]2NC(=O)c1ccc(N(C)S(=O)(=O)C2CC2)cc1.Cc1ccc2c(c1)CC[C@H]2NC(=O)c1ccc(NS(=O)(=O)C(F)(F)F)cc1. The monoisotopic (exact) mass is 1570 g/mol. The van der Waals surface area contributed by atoms with Gasteiger partial charge in [-0.2, -0.15) is 43.2 Å². The summed E-state index contributed by atoms with van der Waals surface area (Å²) in [6.07, 6.45) is 8.49. The zero-order valence-corrected chi connectivity index (χ0v) is 63.7. The maximum absolute atomic E-state index is 12.7. The highest BCUT2D eigenvalue weighted by Gasteiger charge is 2.49. The summed E-state index contributed by atoms with van der Waals surface area (Å²) < 4.78 is 173. The highest BCUT2D eigenvalue weighted by Crippen LogP contribution is 2.38. The first-order chi connectivity index (χ1) is 50.7. The molecule has 1 saturated carbocycles. The fraction of sp³-hybridized carbons (Fsp3) is 0.333. The first-order valence-corrected chi connectivity index (χ1v) is 40.9. The van der Waals surface area contributed by atoms with Gasteiger partial charge in [-0.05, 0) is 240 Å². The molecule has 0 radical (unpaired) electrons. The lowest BCUT2D eigenvalue weighted by Crippen LogP contribution is -2.38. The van der Waals surface area contributed by atoms with Crippen molar-refractivity contribution in [1.29, 1.82) is 0 Å². The van der Waals surface area contributed by atoms with Crippen molar-refractivity contribution in [1.82, 2.24) is 21.3 Å². The van der Waals surface area contributed by atoms with Gasteiger partial charge in [0.05, 0.1) is 52.2 Å². The van der Waals surface area contributed by atoms with Gasteiger partial charge in [-0.1, -0.05) is 95.1 Å². The number of aryl methyl sites for hydroxylation is 8. The number of anilines is 4. The van der Waals surface area contributed by atoms with Gasteiger partial charge in [0.25, 0.3) is 23.6 Å². The fourth-order valence-electron chi connectivity index (χ4n) is 13.3. The van der Waals surface area contributed by atoms with Crippen LogP contribution in [0.1, 0.15) is 178 Å². The molecule has 0 unspecified atom stereocenters. The van der Waals surface area contributed by atoms with Crippen molar-refractivity contribution < 1.29 is 79.2 Å². The van der Waals surface area contributed by atoms with Crippen LogP contribution in [0.3, 0.4) is 0 Å².